The van der Waals surface area contributed by atoms with E-state index in [-0.39, 0.29) is 17.6 Å². The number of benzene rings is 1. The Morgan fingerprint density at radius 2 is 2.08 bits per heavy atom. The molecule has 26 heavy (non-hydrogen) atoms. The third kappa shape index (κ3) is 2.86. The standard InChI is InChI=1S/C19H21FN2O3S/c20-16-5-11(3-4-13(16)17-14-8-26-9-15(14)17)22-7-12(25-19(22)24)6-21-18(23)10-1-2-10/h3-5,10,12,14-15,17H,1-2,6-9H2,(H,21,23)/t12-,14-,15+,17?/m0/s1. The van der Waals surface area contributed by atoms with Crippen LogP contribution in [0.3, 0.4) is 0 Å². The van der Waals surface area contributed by atoms with Crippen molar-refractivity contribution in [2.45, 2.75) is 24.9 Å². The Kier molecular flexibility index (Phi) is 3.88. The van der Waals surface area contributed by atoms with Crippen LogP contribution in [-0.2, 0) is 9.53 Å². The van der Waals surface area contributed by atoms with Gasteiger partial charge in [0.25, 0.3) is 0 Å². The van der Waals surface area contributed by atoms with E-state index >= 15 is 0 Å². The van der Waals surface area contributed by atoms with Gasteiger partial charge in [0.2, 0.25) is 5.91 Å². The highest BCUT2D eigenvalue weighted by Gasteiger charge is 2.54. The molecule has 2 heterocycles. The lowest BCUT2D eigenvalue weighted by atomic mass is 10.1. The van der Waals surface area contributed by atoms with E-state index in [1.54, 1.807) is 0 Å². The van der Waals surface area contributed by atoms with Crippen molar-refractivity contribution in [1.29, 1.82) is 0 Å². The van der Waals surface area contributed by atoms with Crippen LogP contribution in [0, 0.1) is 23.6 Å². The molecule has 0 radical (unpaired) electrons. The van der Waals surface area contributed by atoms with Gasteiger partial charge in [-0.2, -0.15) is 11.8 Å². The van der Waals surface area contributed by atoms with Crippen molar-refractivity contribution < 1.29 is 18.7 Å². The monoisotopic (exact) mass is 376 g/mol. The number of carbonyl (C=O) groups excluding carboxylic acids is 2. The number of hydrogen-bond donors (Lipinski definition) is 1. The molecule has 5 nitrogen and oxygen atoms in total. The van der Waals surface area contributed by atoms with Crippen LogP contribution in [0.5, 0.6) is 0 Å². The number of nitrogens with zero attached hydrogens (tertiary/aromatic N) is 1. The second-order valence-corrected chi connectivity index (χ2v) is 8.81. The number of fused-ring (bicyclic) bond motifs is 1. The smallest absolute Gasteiger partial charge is 0.414 e. The molecule has 0 bridgehead atoms. The molecule has 2 saturated carbocycles. The predicted molar refractivity (Wildman–Crippen MR) is 96.8 cm³/mol. The van der Waals surface area contributed by atoms with Crippen molar-refractivity contribution in [1.82, 2.24) is 5.32 Å². The molecule has 1 aromatic rings. The van der Waals surface area contributed by atoms with Gasteiger partial charge < -0.3 is 10.1 Å². The molecule has 138 valence electrons. The van der Waals surface area contributed by atoms with E-state index in [4.69, 9.17) is 4.74 Å². The van der Waals surface area contributed by atoms with Crippen molar-refractivity contribution in [2.75, 3.05) is 29.5 Å². The van der Waals surface area contributed by atoms with Gasteiger partial charge in [-0.3, -0.25) is 9.69 Å². The summed E-state index contributed by atoms with van der Waals surface area (Å²) in [5.41, 5.74) is 1.30. The van der Waals surface area contributed by atoms with Gasteiger partial charge in [-0.05, 0) is 59.8 Å². The quantitative estimate of drug-likeness (QED) is 0.859. The molecule has 1 N–H and O–H groups in total. The van der Waals surface area contributed by atoms with Gasteiger partial charge in [0, 0.05) is 5.92 Å². The van der Waals surface area contributed by atoms with E-state index in [1.165, 1.54) is 11.0 Å². The van der Waals surface area contributed by atoms with Crippen LogP contribution in [0.1, 0.15) is 24.3 Å². The number of amides is 2. The van der Waals surface area contributed by atoms with Gasteiger partial charge in [-0.15, -0.1) is 0 Å². The SMILES string of the molecule is O=C(NC[C@H]1CN(c2ccc(C3[C@H]4CSC[C@@H]34)c(F)c2)C(=O)O1)C1CC1. The summed E-state index contributed by atoms with van der Waals surface area (Å²) in [6, 6.07) is 5.09. The highest BCUT2D eigenvalue weighted by atomic mass is 32.2. The Labute approximate surface area is 155 Å². The second-order valence-electron chi connectivity index (χ2n) is 7.73. The Balaban J connectivity index is 1.24. The van der Waals surface area contributed by atoms with Gasteiger partial charge in [-0.1, -0.05) is 6.07 Å². The highest BCUT2D eigenvalue weighted by Crippen LogP contribution is 2.61. The minimum Gasteiger partial charge on any atom is -0.442 e. The maximum atomic E-state index is 14.6. The summed E-state index contributed by atoms with van der Waals surface area (Å²) < 4.78 is 19.9. The minimum atomic E-state index is -0.484. The Bertz CT molecular complexity index is 759. The zero-order chi connectivity index (χ0) is 17.8. The number of halogens is 1. The Morgan fingerprint density at radius 3 is 2.77 bits per heavy atom. The topological polar surface area (TPSA) is 58.6 Å². The molecule has 4 fully saturated rings. The van der Waals surface area contributed by atoms with Crippen molar-refractivity contribution >= 4 is 29.4 Å². The minimum absolute atomic E-state index is 0.0306. The molecular formula is C19H21FN2O3S. The number of hydrogen-bond acceptors (Lipinski definition) is 4. The molecule has 4 atom stereocenters. The molecule has 7 heteroatoms. The van der Waals surface area contributed by atoms with Gasteiger partial charge in [0.15, 0.2) is 0 Å². The average Bonchev–Trinajstić information content (AvgIpc) is 3.51. The first-order chi connectivity index (χ1) is 12.6. The van der Waals surface area contributed by atoms with Crippen LogP contribution >= 0.6 is 11.8 Å². The highest BCUT2D eigenvalue weighted by molar-refractivity contribution is 7.99. The van der Waals surface area contributed by atoms with E-state index in [1.807, 2.05) is 23.9 Å². The molecule has 5 rings (SSSR count). The summed E-state index contributed by atoms with van der Waals surface area (Å²) in [7, 11) is 0. The first-order valence-corrected chi connectivity index (χ1v) is 10.4. The molecule has 2 aliphatic carbocycles. The lowest BCUT2D eigenvalue weighted by Gasteiger charge is -2.15. The van der Waals surface area contributed by atoms with Gasteiger partial charge in [0.1, 0.15) is 11.9 Å². The number of thioether (sulfide) groups is 1. The van der Waals surface area contributed by atoms with E-state index in [0.29, 0.717) is 36.5 Å². The molecule has 0 spiro atoms. The molecule has 2 saturated heterocycles. The third-order valence-electron chi connectivity index (χ3n) is 5.93. The van der Waals surface area contributed by atoms with Crippen LogP contribution in [-0.4, -0.2) is 42.7 Å². The van der Waals surface area contributed by atoms with Crippen molar-refractivity contribution in [3.63, 3.8) is 0 Å². The van der Waals surface area contributed by atoms with E-state index in [0.717, 1.165) is 29.9 Å². The van der Waals surface area contributed by atoms with Crippen LogP contribution in [0.25, 0.3) is 0 Å². The molecule has 1 aromatic carbocycles. The number of ether oxygens (including phenoxy) is 1. The molecule has 4 aliphatic rings. The lowest BCUT2D eigenvalue weighted by molar-refractivity contribution is -0.122. The molecule has 2 amide bonds. The summed E-state index contributed by atoms with van der Waals surface area (Å²) in [4.78, 5) is 25.3. The summed E-state index contributed by atoms with van der Waals surface area (Å²) in [6.07, 6.45) is 1.00. The van der Waals surface area contributed by atoms with Gasteiger partial charge in [0.05, 0.1) is 18.8 Å². The van der Waals surface area contributed by atoms with Crippen molar-refractivity contribution in [2.24, 2.45) is 17.8 Å². The normalized spacial score (nSPS) is 32.3. The van der Waals surface area contributed by atoms with E-state index in [2.05, 4.69) is 5.32 Å². The number of cyclic esters (lactones) is 1. The van der Waals surface area contributed by atoms with Crippen LogP contribution in [0.15, 0.2) is 18.2 Å². The van der Waals surface area contributed by atoms with Gasteiger partial charge in [-0.25, -0.2) is 9.18 Å². The number of nitrogens with one attached hydrogen (secondary N) is 1. The summed E-state index contributed by atoms with van der Waals surface area (Å²) in [6.45, 7) is 0.634. The fraction of sp³-hybridized carbons (Fsp3) is 0.579. The number of carbonyl (C=O) groups is 2. The van der Waals surface area contributed by atoms with E-state index < -0.39 is 12.2 Å². The van der Waals surface area contributed by atoms with Crippen LogP contribution < -0.4 is 10.2 Å². The fourth-order valence-electron chi connectivity index (χ4n) is 4.20. The van der Waals surface area contributed by atoms with E-state index in [9.17, 15) is 14.0 Å². The molecular weight excluding hydrogens is 355 g/mol. The fourth-order valence-corrected chi connectivity index (χ4v) is 5.79. The van der Waals surface area contributed by atoms with Crippen molar-refractivity contribution in [3.8, 4) is 0 Å². The van der Waals surface area contributed by atoms with Gasteiger partial charge >= 0.3 is 6.09 Å². The molecule has 2 aliphatic heterocycles. The lowest BCUT2D eigenvalue weighted by Crippen LogP contribution is -2.35. The first kappa shape index (κ1) is 16.4. The molecule has 1 unspecified atom stereocenters. The Hall–Kier alpha value is -1.76. The first-order valence-electron chi connectivity index (χ1n) is 9.25. The maximum Gasteiger partial charge on any atom is 0.414 e. The molecule has 0 aromatic heterocycles. The number of anilines is 1. The summed E-state index contributed by atoms with van der Waals surface area (Å²) in [5.74, 6) is 3.78. The summed E-state index contributed by atoms with van der Waals surface area (Å²) >= 11 is 1.95. The van der Waals surface area contributed by atoms with Crippen LogP contribution in [0.2, 0.25) is 0 Å². The maximum absolute atomic E-state index is 14.6. The second kappa shape index (κ2) is 6.15. The average molecular weight is 376 g/mol. The Morgan fingerprint density at radius 1 is 1.31 bits per heavy atom. The zero-order valence-electron chi connectivity index (χ0n) is 14.3. The van der Waals surface area contributed by atoms with Crippen LogP contribution in [0.4, 0.5) is 14.9 Å². The zero-order valence-corrected chi connectivity index (χ0v) is 15.1. The largest absolute Gasteiger partial charge is 0.442 e. The number of rotatable bonds is 5. The predicted octanol–water partition coefficient (Wildman–Crippen LogP) is 2.75. The van der Waals surface area contributed by atoms with Crippen molar-refractivity contribution in [3.05, 3.63) is 29.6 Å². The summed E-state index contributed by atoms with van der Waals surface area (Å²) in [5, 5.41) is 2.83. The third-order valence-corrected chi connectivity index (χ3v) is 7.17.